The van der Waals surface area contributed by atoms with Crippen molar-refractivity contribution in [2.24, 2.45) is 16.6 Å². The molecule has 1 saturated carbocycles. The van der Waals surface area contributed by atoms with Crippen LogP contribution in [0.3, 0.4) is 0 Å². The first-order valence-electron chi connectivity index (χ1n) is 6.90. The molecule has 1 aromatic rings. The van der Waals surface area contributed by atoms with Gasteiger partial charge in [0.25, 0.3) is 0 Å². The highest BCUT2D eigenvalue weighted by molar-refractivity contribution is 5.87. The Morgan fingerprint density at radius 2 is 2.30 bits per heavy atom. The van der Waals surface area contributed by atoms with E-state index in [0.717, 1.165) is 18.0 Å². The second-order valence-corrected chi connectivity index (χ2v) is 5.11. The van der Waals surface area contributed by atoms with Crippen LogP contribution in [0.15, 0.2) is 23.3 Å². The normalized spacial score (nSPS) is 15.6. The van der Waals surface area contributed by atoms with E-state index >= 15 is 0 Å². The van der Waals surface area contributed by atoms with E-state index in [1.165, 1.54) is 26.2 Å². The summed E-state index contributed by atoms with van der Waals surface area (Å²) < 4.78 is 0. The fourth-order valence-electron chi connectivity index (χ4n) is 1.95. The van der Waals surface area contributed by atoms with Crippen molar-refractivity contribution >= 4 is 17.7 Å². The molecule has 0 atom stereocenters. The predicted octanol–water partition coefficient (Wildman–Crippen LogP) is 1.24. The second-order valence-electron chi connectivity index (χ2n) is 5.11. The minimum Gasteiger partial charge on any atom is -0.370 e. The Hall–Kier alpha value is -2.11. The van der Waals surface area contributed by atoms with Crippen LogP contribution in [0.5, 0.6) is 0 Å². The third-order valence-electron chi connectivity index (χ3n) is 3.36. The van der Waals surface area contributed by atoms with Crippen LogP contribution in [0.25, 0.3) is 0 Å². The molecular formula is C14H21N5O. The topological polar surface area (TPSA) is 92.4 Å². The monoisotopic (exact) mass is 275 g/mol. The zero-order chi connectivity index (χ0) is 14.4. The largest absolute Gasteiger partial charge is 0.370 e. The van der Waals surface area contributed by atoms with Crippen LogP contribution in [0.2, 0.25) is 0 Å². The zero-order valence-electron chi connectivity index (χ0n) is 11.7. The lowest BCUT2D eigenvalue weighted by Gasteiger charge is -2.25. The second kappa shape index (κ2) is 6.88. The van der Waals surface area contributed by atoms with Crippen LogP contribution in [0.4, 0.5) is 5.82 Å². The molecule has 0 spiro atoms. The van der Waals surface area contributed by atoms with Gasteiger partial charge in [0.05, 0.1) is 6.54 Å². The predicted molar refractivity (Wildman–Crippen MR) is 79.2 cm³/mol. The van der Waals surface area contributed by atoms with Gasteiger partial charge in [-0.1, -0.05) is 12.5 Å². The molecule has 2 rings (SSSR count). The first-order chi connectivity index (χ1) is 9.63. The third-order valence-corrected chi connectivity index (χ3v) is 3.36. The number of rotatable bonds is 5. The van der Waals surface area contributed by atoms with E-state index in [4.69, 9.17) is 5.73 Å². The van der Waals surface area contributed by atoms with Crippen molar-refractivity contribution in [2.45, 2.75) is 32.7 Å². The van der Waals surface area contributed by atoms with E-state index in [1.807, 2.05) is 6.07 Å². The minimum atomic E-state index is -0.132. The summed E-state index contributed by atoms with van der Waals surface area (Å²) in [6, 6.07) is 3.63. The van der Waals surface area contributed by atoms with Crippen LogP contribution in [-0.2, 0) is 11.3 Å². The lowest BCUT2D eigenvalue weighted by atomic mass is 9.85. The molecule has 1 aliphatic carbocycles. The van der Waals surface area contributed by atoms with Crippen LogP contribution in [0, 0.1) is 5.92 Å². The number of nitrogens with one attached hydrogen (secondary N) is 2. The summed E-state index contributed by atoms with van der Waals surface area (Å²) in [6.07, 6.45) is 5.59. The smallest absolute Gasteiger partial charge is 0.222 e. The number of aliphatic imine (C=N–C) groups is 1. The van der Waals surface area contributed by atoms with Crippen LogP contribution in [-0.4, -0.2) is 23.4 Å². The van der Waals surface area contributed by atoms with Gasteiger partial charge in [-0.25, -0.2) is 9.98 Å². The Morgan fingerprint density at radius 3 is 2.85 bits per heavy atom. The number of amides is 1. The SMILES string of the molecule is CC(=O)Nc1ccc(CN=C(N)NCC2CCC2)cn1. The lowest BCUT2D eigenvalue weighted by Crippen LogP contribution is -2.37. The minimum absolute atomic E-state index is 0.132. The molecule has 6 nitrogen and oxygen atoms in total. The lowest BCUT2D eigenvalue weighted by molar-refractivity contribution is -0.114. The van der Waals surface area contributed by atoms with Gasteiger partial charge >= 0.3 is 0 Å². The Labute approximate surface area is 118 Å². The maximum Gasteiger partial charge on any atom is 0.222 e. The fraction of sp³-hybridized carbons (Fsp3) is 0.500. The number of hydrogen-bond acceptors (Lipinski definition) is 3. The van der Waals surface area contributed by atoms with Gasteiger partial charge in [-0.05, 0) is 30.4 Å². The molecule has 1 amide bonds. The number of nitrogens with two attached hydrogens (primary N) is 1. The van der Waals surface area contributed by atoms with Crippen molar-refractivity contribution in [3.05, 3.63) is 23.9 Å². The molecule has 0 unspecified atom stereocenters. The molecule has 1 fully saturated rings. The molecule has 20 heavy (non-hydrogen) atoms. The van der Waals surface area contributed by atoms with Gasteiger partial charge in [-0.3, -0.25) is 4.79 Å². The number of carbonyl (C=O) groups is 1. The Morgan fingerprint density at radius 1 is 1.50 bits per heavy atom. The van der Waals surface area contributed by atoms with Gasteiger partial charge in [0, 0.05) is 19.7 Å². The van der Waals surface area contributed by atoms with E-state index in [9.17, 15) is 4.79 Å². The summed E-state index contributed by atoms with van der Waals surface area (Å²) in [6.45, 7) is 2.85. The van der Waals surface area contributed by atoms with E-state index in [2.05, 4.69) is 20.6 Å². The third kappa shape index (κ3) is 4.53. The summed E-state index contributed by atoms with van der Waals surface area (Å²) >= 11 is 0. The van der Waals surface area contributed by atoms with Crippen LogP contribution < -0.4 is 16.4 Å². The van der Waals surface area contributed by atoms with E-state index in [0.29, 0.717) is 18.3 Å². The summed E-state index contributed by atoms with van der Waals surface area (Å²) in [5.74, 6) is 1.64. The first-order valence-corrected chi connectivity index (χ1v) is 6.90. The molecule has 6 heteroatoms. The molecule has 108 valence electrons. The van der Waals surface area contributed by atoms with E-state index in [-0.39, 0.29) is 5.91 Å². The van der Waals surface area contributed by atoms with Gasteiger partial charge in [-0.2, -0.15) is 0 Å². The van der Waals surface area contributed by atoms with Gasteiger partial charge in [0.1, 0.15) is 5.82 Å². The molecular weight excluding hydrogens is 254 g/mol. The van der Waals surface area contributed by atoms with Crippen molar-refractivity contribution in [1.29, 1.82) is 0 Å². The summed E-state index contributed by atoms with van der Waals surface area (Å²) in [5, 5.41) is 5.76. The average molecular weight is 275 g/mol. The molecule has 0 radical (unpaired) electrons. The van der Waals surface area contributed by atoms with Crippen molar-refractivity contribution in [3.8, 4) is 0 Å². The summed E-state index contributed by atoms with van der Waals surface area (Å²) in [4.78, 5) is 19.3. The highest BCUT2D eigenvalue weighted by Gasteiger charge is 2.16. The van der Waals surface area contributed by atoms with E-state index in [1.54, 1.807) is 12.3 Å². The molecule has 1 aliphatic rings. The Kier molecular flexibility index (Phi) is 4.92. The quantitative estimate of drug-likeness (QED) is 0.557. The Balaban J connectivity index is 1.78. The Bertz CT molecular complexity index is 479. The van der Waals surface area contributed by atoms with Crippen molar-refractivity contribution in [1.82, 2.24) is 10.3 Å². The molecule has 4 N–H and O–H groups in total. The molecule has 1 aromatic heterocycles. The fourth-order valence-corrected chi connectivity index (χ4v) is 1.95. The average Bonchev–Trinajstić information content (AvgIpc) is 2.35. The van der Waals surface area contributed by atoms with Gasteiger partial charge in [-0.15, -0.1) is 0 Å². The maximum absolute atomic E-state index is 10.9. The summed E-state index contributed by atoms with van der Waals surface area (Å²) in [7, 11) is 0. The number of hydrogen-bond donors (Lipinski definition) is 3. The van der Waals surface area contributed by atoms with Crippen LogP contribution >= 0.6 is 0 Å². The number of pyridine rings is 1. The molecule has 0 saturated heterocycles. The van der Waals surface area contributed by atoms with Gasteiger partial charge in [0.15, 0.2) is 5.96 Å². The van der Waals surface area contributed by atoms with Gasteiger partial charge < -0.3 is 16.4 Å². The zero-order valence-corrected chi connectivity index (χ0v) is 11.7. The molecule has 1 heterocycles. The highest BCUT2D eigenvalue weighted by atomic mass is 16.1. The number of carbonyl (C=O) groups excluding carboxylic acids is 1. The number of nitrogens with zero attached hydrogens (tertiary/aromatic N) is 2. The number of anilines is 1. The van der Waals surface area contributed by atoms with E-state index < -0.39 is 0 Å². The number of aromatic nitrogens is 1. The summed E-state index contributed by atoms with van der Waals surface area (Å²) in [5.41, 5.74) is 6.76. The molecule has 0 bridgehead atoms. The first kappa shape index (κ1) is 14.3. The van der Waals surface area contributed by atoms with Crippen LogP contribution in [0.1, 0.15) is 31.7 Å². The molecule has 0 aromatic carbocycles. The van der Waals surface area contributed by atoms with Crippen molar-refractivity contribution in [2.75, 3.05) is 11.9 Å². The standard InChI is InChI=1S/C14H21N5O/c1-10(20)19-13-6-5-12(8-16-13)9-18-14(15)17-7-11-3-2-4-11/h5-6,8,11H,2-4,7,9H2,1H3,(H3,15,17,18)(H,16,19,20). The highest BCUT2D eigenvalue weighted by Crippen LogP contribution is 2.24. The molecule has 0 aliphatic heterocycles. The number of guanidine groups is 1. The van der Waals surface area contributed by atoms with Crippen molar-refractivity contribution in [3.63, 3.8) is 0 Å². The van der Waals surface area contributed by atoms with Crippen molar-refractivity contribution < 1.29 is 4.79 Å². The van der Waals surface area contributed by atoms with Gasteiger partial charge in [0.2, 0.25) is 5.91 Å². The maximum atomic E-state index is 10.9.